The van der Waals surface area contributed by atoms with Crippen LogP contribution in [0.25, 0.3) is 11.0 Å². The number of nitrogens with one attached hydrogen (secondary N) is 1. The van der Waals surface area contributed by atoms with Gasteiger partial charge in [0.05, 0.1) is 12.8 Å². The second-order valence-corrected chi connectivity index (χ2v) is 10.2. The van der Waals surface area contributed by atoms with Crippen molar-refractivity contribution in [1.82, 2.24) is 5.43 Å². The van der Waals surface area contributed by atoms with Crippen molar-refractivity contribution in [2.24, 2.45) is 5.10 Å². The topological polar surface area (TPSA) is 73.1 Å². The van der Waals surface area contributed by atoms with Crippen LogP contribution in [0.15, 0.2) is 79.1 Å². The van der Waals surface area contributed by atoms with Gasteiger partial charge in [-0.15, -0.1) is 0 Å². The third kappa shape index (κ3) is 6.19. The fourth-order valence-corrected chi connectivity index (χ4v) is 4.28. The first-order chi connectivity index (χ1) is 16.4. The molecule has 0 aliphatic rings. The molecule has 0 aliphatic heterocycles. The fraction of sp³-hybridized carbons (Fsp3) is 0.120. The van der Waals surface area contributed by atoms with Crippen LogP contribution in [0.4, 0.5) is 0 Å². The Balaban J connectivity index is 1.46. The highest BCUT2D eigenvalue weighted by atomic mass is 127. The minimum Gasteiger partial charge on any atom is -0.490 e. The Morgan fingerprint density at radius 1 is 1.06 bits per heavy atom. The number of fused-ring (bicyclic) bond motifs is 1. The summed E-state index contributed by atoms with van der Waals surface area (Å²) in [5.41, 5.74) is 4.91. The normalized spacial score (nSPS) is 11.2. The number of hydrogen-bond donors (Lipinski definition) is 1. The van der Waals surface area contributed by atoms with E-state index in [1.165, 1.54) is 9.78 Å². The Morgan fingerprint density at radius 3 is 2.59 bits per heavy atom. The lowest BCUT2D eigenvalue weighted by atomic mass is 10.2. The summed E-state index contributed by atoms with van der Waals surface area (Å²) < 4.78 is 20.2. The van der Waals surface area contributed by atoms with E-state index >= 15 is 0 Å². The molecule has 1 N–H and O–H groups in total. The molecule has 3 aromatic carbocycles. The van der Waals surface area contributed by atoms with E-state index < -0.39 is 5.91 Å². The van der Waals surface area contributed by atoms with Gasteiger partial charge in [-0.3, -0.25) is 4.79 Å². The Morgan fingerprint density at radius 2 is 1.82 bits per heavy atom. The number of nitrogens with zero attached hydrogens (tertiary/aromatic N) is 1. The molecule has 34 heavy (non-hydrogen) atoms. The first-order valence-corrected chi connectivity index (χ1v) is 13.0. The quantitative estimate of drug-likeness (QED) is 0.119. The van der Waals surface area contributed by atoms with E-state index in [-0.39, 0.29) is 5.76 Å². The number of rotatable bonds is 8. The van der Waals surface area contributed by atoms with Gasteiger partial charge in [0.25, 0.3) is 0 Å². The number of hydrogen-bond acceptors (Lipinski definition) is 5. The number of hydrazone groups is 1. The smallest absolute Gasteiger partial charge is 0.307 e. The van der Waals surface area contributed by atoms with Crippen LogP contribution in [0.3, 0.4) is 0 Å². The molecule has 1 amide bonds. The van der Waals surface area contributed by atoms with E-state index in [9.17, 15) is 4.79 Å². The maximum absolute atomic E-state index is 12.5. The highest BCUT2D eigenvalue weighted by molar-refractivity contribution is 14.1. The van der Waals surface area contributed by atoms with Crippen LogP contribution in [-0.2, 0) is 6.61 Å². The highest BCUT2D eigenvalue weighted by Crippen LogP contribution is 2.34. The van der Waals surface area contributed by atoms with Crippen LogP contribution in [0.5, 0.6) is 11.5 Å². The number of carbonyl (C=O) groups excluding carboxylic acids is 1. The molecule has 0 spiro atoms. The Kier molecular flexibility index (Phi) is 8.28. The predicted molar refractivity (Wildman–Crippen MR) is 148 cm³/mol. The average Bonchev–Trinajstić information content (AvgIpc) is 3.24. The van der Waals surface area contributed by atoms with Gasteiger partial charge in [0.2, 0.25) is 0 Å². The maximum atomic E-state index is 12.5. The summed E-state index contributed by atoms with van der Waals surface area (Å²) in [6.45, 7) is 2.81. The lowest BCUT2D eigenvalue weighted by Crippen LogP contribution is -2.16. The first-order valence-electron chi connectivity index (χ1n) is 10.3. The van der Waals surface area contributed by atoms with Crippen LogP contribution in [-0.4, -0.2) is 18.7 Å². The van der Waals surface area contributed by atoms with Crippen LogP contribution in [0.2, 0.25) is 0 Å². The molecule has 0 aliphatic carbocycles. The summed E-state index contributed by atoms with van der Waals surface area (Å²) in [6, 6.07) is 19.0. The average molecular weight is 698 g/mol. The molecule has 0 radical (unpaired) electrons. The summed E-state index contributed by atoms with van der Waals surface area (Å²) in [4.78, 5) is 12.5. The van der Waals surface area contributed by atoms with Crippen molar-refractivity contribution in [2.75, 3.05) is 6.61 Å². The van der Waals surface area contributed by atoms with Crippen molar-refractivity contribution < 1.29 is 18.7 Å². The van der Waals surface area contributed by atoms with Crippen LogP contribution >= 0.6 is 54.5 Å². The second kappa shape index (κ2) is 11.4. The number of furan rings is 1. The SMILES string of the molecule is CCOc1cc(/C=N/NC(=O)c2cc3cc(Br)ccc3o2)c(Br)cc1OCc1ccc(I)cc1. The fourth-order valence-electron chi connectivity index (χ4n) is 3.11. The largest absolute Gasteiger partial charge is 0.490 e. The zero-order valence-electron chi connectivity index (χ0n) is 18.0. The van der Waals surface area contributed by atoms with E-state index in [1.807, 2.05) is 55.5 Å². The summed E-state index contributed by atoms with van der Waals surface area (Å²) in [5.74, 6) is 0.939. The maximum Gasteiger partial charge on any atom is 0.307 e. The zero-order valence-corrected chi connectivity index (χ0v) is 23.3. The van der Waals surface area contributed by atoms with Gasteiger partial charge in [-0.25, -0.2) is 5.43 Å². The molecule has 0 unspecified atom stereocenters. The van der Waals surface area contributed by atoms with Gasteiger partial charge in [0, 0.05) is 23.5 Å². The van der Waals surface area contributed by atoms with Gasteiger partial charge >= 0.3 is 5.91 Å². The van der Waals surface area contributed by atoms with Crippen molar-refractivity contribution in [3.05, 3.63) is 90.1 Å². The number of carbonyl (C=O) groups is 1. The summed E-state index contributed by atoms with van der Waals surface area (Å²) in [6.07, 6.45) is 1.53. The molecule has 1 heterocycles. The van der Waals surface area contributed by atoms with Crippen molar-refractivity contribution in [3.63, 3.8) is 0 Å². The van der Waals surface area contributed by atoms with Crippen LogP contribution in [0, 0.1) is 3.57 Å². The summed E-state index contributed by atoms with van der Waals surface area (Å²) in [5, 5.41) is 4.91. The van der Waals surface area contributed by atoms with Gasteiger partial charge < -0.3 is 13.9 Å². The number of benzene rings is 3. The van der Waals surface area contributed by atoms with Crippen molar-refractivity contribution in [2.45, 2.75) is 13.5 Å². The third-order valence-corrected chi connectivity index (χ3v) is 6.64. The third-order valence-electron chi connectivity index (χ3n) is 4.74. The van der Waals surface area contributed by atoms with Gasteiger partial charge in [-0.2, -0.15) is 5.10 Å². The molecule has 4 aromatic rings. The van der Waals surface area contributed by atoms with Gasteiger partial charge in [-0.05, 0) is 99.5 Å². The van der Waals surface area contributed by atoms with Gasteiger partial charge in [0.1, 0.15) is 12.2 Å². The van der Waals surface area contributed by atoms with E-state index in [2.05, 4.69) is 65.0 Å². The molecule has 0 bridgehead atoms. The van der Waals surface area contributed by atoms with E-state index in [4.69, 9.17) is 13.9 Å². The van der Waals surface area contributed by atoms with E-state index in [1.54, 1.807) is 12.1 Å². The first kappa shape index (κ1) is 24.7. The van der Waals surface area contributed by atoms with Crippen molar-refractivity contribution >= 4 is 77.5 Å². The molecule has 4 rings (SSSR count). The Labute approximate surface area is 227 Å². The highest BCUT2D eigenvalue weighted by Gasteiger charge is 2.13. The second-order valence-electron chi connectivity index (χ2n) is 7.16. The molecular weight excluding hydrogens is 679 g/mol. The number of ether oxygens (including phenoxy) is 2. The molecule has 0 fully saturated rings. The molecule has 6 nitrogen and oxygen atoms in total. The summed E-state index contributed by atoms with van der Waals surface area (Å²) in [7, 11) is 0. The number of amides is 1. The predicted octanol–water partition coefficient (Wildman–Crippen LogP) is 7.30. The standard InChI is InChI=1S/C25H19Br2IN2O4/c1-2-32-22-11-17(20(27)12-23(22)33-14-15-3-6-19(28)7-4-15)13-29-30-25(31)24-10-16-9-18(26)5-8-21(16)34-24/h3-13H,2,14H2,1H3,(H,30,31)/b29-13+. The molecule has 174 valence electrons. The van der Waals surface area contributed by atoms with Gasteiger partial charge in [-0.1, -0.05) is 28.1 Å². The minimum atomic E-state index is -0.442. The molecule has 0 saturated heterocycles. The van der Waals surface area contributed by atoms with E-state index in [0.29, 0.717) is 30.3 Å². The molecule has 1 aromatic heterocycles. The zero-order chi connectivity index (χ0) is 24.1. The van der Waals surface area contributed by atoms with Crippen molar-refractivity contribution in [1.29, 1.82) is 0 Å². The lowest BCUT2D eigenvalue weighted by molar-refractivity contribution is 0.0929. The number of halogens is 3. The minimum absolute atomic E-state index is 0.179. The monoisotopic (exact) mass is 696 g/mol. The van der Waals surface area contributed by atoms with Gasteiger partial charge in [0.15, 0.2) is 17.3 Å². The molecule has 9 heteroatoms. The van der Waals surface area contributed by atoms with Crippen molar-refractivity contribution in [3.8, 4) is 11.5 Å². The molecular formula is C25H19Br2IN2O4. The lowest BCUT2D eigenvalue weighted by Gasteiger charge is -2.14. The summed E-state index contributed by atoms with van der Waals surface area (Å²) >= 11 is 9.23. The molecule has 0 saturated carbocycles. The van der Waals surface area contributed by atoms with Crippen LogP contribution < -0.4 is 14.9 Å². The molecule has 0 atom stereocenters. The van der Waals surface area contributed by atoms with E-state index in [0.717, 1.165) is 25.5 Å². The Hall–Kier alpha value is -2.37. The Bertz CT molecular complexity index is 1350. The van der Waals surface area contributed by atoms with Crippen LogP contribution in [0.1, 0.15) is 28.6 Å².